The van der Waals surface area contributed by atoms with Crippen molar-refractivity contribution in [2.45, 2.75) is 38.6 Å². The zero-order valence-electron chi connectivity index (χ0n) is 11.9. The molecule has 0 amide bonds. The Morgan fingerprint density at radius 2 is 2.29 bits per heavy atom. The normalized spacial score (nSPS) is 15.9. The molecule has 0 radical (unpaired) electrons. The van der Waals surface area contributed by atoms with E-state index in [1.165, 1.54) is 5.56 Å². The van der Waals surface area contributed by atoms with Gasteiger partial charge in [-0.1, -0.05) is 29.8 Å². The Kier molecular flexibility index (Phi) is 3.68. The Labute approximate surface area is 122 Å². The third-order valence-corrected chi connectivity index (χ3v) is 3.87. The summed E-state index contributed by atoms with van der Waals surface area (Å²) in [7, 11) is 0. The molecule has 21 heavy (non-hydrogen) atoms. The van der Waals surface area contributed by atoms with Gasteiger partial charge in [-0.15, -0.1) is 5.10 Å². The first kappa shape index (κ1) is 13.7. The number of aromatic nitrogens is 4. The van der Waals surface area contributed by atoms with E-state index in [1.54, 1.807) is 4.68 Å². The number of hydrogen-bond donors (Lipinski definition) is 1. The second kappa shape index (κ2) is 5.63. The van der Waals surface area contributed by atoms with Crippen molar-refractivity contribution < 1.29 is 9.90 Å². The lowest BCUT2D eigenvalue weighted by Crippen LogP contribution is -2.19. The summed E-state index contributed by atoms with van der Waals surface area (Å²) in [4.78, 5) is 11.1. The van der Waals surface area contributed by atoms with Gasteiger partial charge in [0.2, 0.25) is 0 Å². The van der Waals surface area contributed by atoms with Crippen LogP contribution in [-0.2, 0) is 11.2 Å². The number of carboxylic acid groups (broad SMARTS) is 1. The van der Waals surface area contributed by atoms with Gasteiger partial charge < -0.3 is 5.11 Å². The average molecular weight is 286 g/mol. The van der Waals surface area contributed by atoms with Crippen molar-refractivity contribution in [3.8, 4) is 0 Å². The van der Waals surface area contributed by atoms with Gasteiger partial charge in [-0.05, 0) is 41.7 Å². The Bertz CT molecular complexity index is 649. The molecule has 0 saturated heterocycles. The average Bonchev–Trinajstić information content (AvgIpc) is 3.17. The lowest BCUT2D eigenvalue weighted by molar-refractivity contribution is -0.138. The number of benzene rings is 1. The minimum absolute atomic E-state index is 0.0799. The van der Waals surface area contributed by atoms with E-state index in [4.69, 9.17) is 5.11 Å². The molecule has 1 N–H and O–H groups in total. The molecule has 1 unspecified atom stereocenters. The summed E-state index contributed by atoms with van der Waals surface area (Å²) in [5.74, 6) is 0.323. The summed E-state index contributed by atoms with van der Waals surface area (Å²) in [6, 6.07) is 8.06. The van der Waals surface area contributed by atoms with Gasteiger partial charge in [0.1, 0.15) is 0 Å². The second-order valence-electron chi connectivity index (χ2n) is 5.71. The van der Waals surface area contributed by atoms with E-state index in [1.807, 2.05) is 25.1 Å². The standard InChI is InChI=1S/C15H18N4O2/c1-10-3-2-4-11(7-10)8-14-16-17-18-19(14)13(9-15(20)21)12-5-6-12/h2-4,7,12-13H,5-6,8-9H2,1H3,(H,20,21). The minimum Gasteiger partial charge on any atom is -0.481 e. The molecular weight excluding hydrogens is 268 g/mol. The van der Waals surface area contributed by atoms with Gasteiger partial charge in [-0.3, -0.25) is 4.79 Å². The number of carbonyl (C=O) groups is 1. The summed E-state index contributed by atoms with van der Waals surface area (Å²) in [5, 5.41) is 21.0. The van der Waals surface area contributed by atoms with Crippen molar-refractivity contribution in [2.24, 2.45) is 5.92 Å². The Hall–Kier alpha value is -2.24. The first-order valence-corrected chi connectivity index (χ1v) is 7.17. The van der Waals surface area contributed by atoms with Gasteiger partial charge in [-0.25, -0.2) is 4.68 Å². The molecule has 1 saturated carbocycles. The number of aryl methyl sites for hydroxylation is 1. The minimum atomic E-state index is -0.802. The van der Waals surface area contributed by atoms with E-state index in [-0.39, 0.29) is 12.5 Å². The van der Waals surface area contributed by atoms with Crippen LogP contribution in [0.1, 0.15) is 42.3 Å². The van der Waals surface area contributed by atoms with Crippen molar-refractivity contribution in [1.82, 2.24) is 20.2 Å². The second-order valence-corrected chi connectivity index (χ2v) is 5.71. The lowest BCUT2D eigenvalue weighted by Gasteiger charge is -2.15. The van der Waals surface area contributed by atoms with Crippen LogP contribution in [0.15, 0.2) is 24.3 Å². The maximum absolute atomic E-state index is 11.1. The van der Waals surface area contributed by atoms with Crippen LogP contribution in [0.2, 0.25) is 0 Å². The van der Waals surface area contributed by atoms with Gasteiger partial charge in [-0.2, -0.15) is 0 Å². The van der Waals surface area contributed by atoms with Gasteiger partial charge >= 0.3 is 5.97 Å². The molecule has 6 heteroatoms. The molecule has 1 aromatic carbocycles. The van der Waals surface area contributed by atoms with Crippen LogP contribution < -0.4 is 0 Å². The zero-order chi connectivity index (χ0) is 14.8. The highest BCUT2D eigenvalue weighted by Crippen LogP contribution is 2.41. The third kappa shape index (κ3) is 3.26. The SMILES string of the molecule is Cc1cccc(Cc2nnnn2C(CC(=O)O)C2CC2)c1. The predicted molar refractivity (Wildman–Crippen MR) is 75.8 cm³/mol. The fourth-order valence-corrected chi connectivity index (χ4v) is 2.70. The van der Waals surface area contributed by atoms with E-state index in [0.717, 1.165) is 24.2 Å². The molecule has 1 heterocycles. The van der Waals surface area contributed by atoms with E-state index in [9.17, 15) is 4.79 Å². The largest absolute Gasteiger partial charge is 0.481 e. The predicted octanol–water partition coefficient (Wildman–Crippen LogP) is 2.00. The maximum Gasteiger partial charge on any atom is 0.305 e. The molecule has 0 aliphatic heterocycles. The first-order valence-electron chi connectivity index (χ1n) is 7.17. The lowest BCUT2D eigenvalue weighted by atomic mass is 10.1. The smallest absolute Gasteiger partial charge is 0.305 e. The third-order valence-electron chi connectivity index (χ3n) is 3.87. The molecule has 1 atom stereocenters. The summed E-state index contributed by atoms with van der Waals surface area (Å²) in [6.07, 6.45) is 2.82. The molecular formula is C15H18N4O2. The fourth-order valence-electron chi connectivity index (χ4n) is 2.70. The summed E-state index contributed by atoms with van der Waals surface area (Å²) >= 11 is 0. The van der Waals surface area contributed by atoms with Crippen molar-refractivity contribution in [2.75, 3.05) is 0 Å². The van der Waals surface area contributed by atoms with E-state index in [2.05, 4.69) is 21.6 Å². The molecule has 1 aliphatic rings. The summed E-state index contributed by atoms with van der Waals surface area (Å²) < 4.78 is 1.72. The molecule has 0 spiro atoms. The zero-order valence-corrected chi connectivity index (χ0v) is 11.9. The van der Waals surface area contributed by atoms with Crippen LogP contribution >= 0.6 is 0 Å². The van der Waals surface area contributed by atoms with Crippen molar-refractivity contribution >= 4 is 5.97 Å². The van der Waals surface area contributed by atoms with Crippen LogP contribution in [0.4, 0.5) is 0 Å². The molecule has 0 bridgehead atoms. The summed E-state index contributed by atoms with van der Waals surface area (Å²) in [5.41, 5.74) is 2.33. The van der Waals surface area contributed by atoms with Crippen LogP contribution in [0.5, 0.6) is 0 Å². The number of hydrogen-bond acceptors (Lipinski definition) is 4. The first-order chi connectivity index (χ1) is 10.1. The van der Waals surface area contributed by atoms with Crippen LogP contribution in [0.3, 0.4) is 0 Å². The monoisotopic (exact) mass is 286 g/mol. The van der Waals surface area contributed by atoms with Crippen LogP contribution in [-0.4, -0.2) is 31.3 Å². The van der Waals surface area contributed by atoms with Gasteiger partial charge in [0.15, 0.2) is 5.82 Å². The Balaban J connectivity index is 1.84. The maximum atomic E-state index is 11.1. The summed E-state index contributed by atoms with van der Waals surface area (Å²) in [6.45, 7) is 2.05. The highest BCUT2D eigenvalue weighted by Gasteiger charge is 2.36. The molecule has 1 fully saturated rings. The van der Waals surface area contributed by atoms with Gasteiger partial charge in [0.05, 0.1) is 12.5 Å². The highest BCUT2D eigenvalue weighted by atomic mass is 16.4. The Morgan fingerprint density at radius 3 is 2.95 bits per heavy atom. The van der Waals surface area contributed by atoms with Crippen LogP contribution in [0, 0.1) is 12.8 Å². The van der Waals surface area contributed by atoms with Crippen molar-refractivity contribution in [3.63, 3.8) is 0 Å². The van der Waals surface area contributed by atoms with Crippen molar-refractivity contribution in [3.05, 3.63) is 41.2 Å². The highest BCUT2D eigenvalue weighted by molar-refractivity contribution is 5.67. The number of nitrogens with zero attached hydrogens (tertiary/aromatic N) is 4. The number of carboxylic acids is 1. The molecule has 1 aliphatic carbocycles. The molecule has 1 aromatic heterocycles. The Morgan fingerprint density at radius 1 is 1.48 bits per heavy atom. The van der Waals surface area contributed by atoms with E-state index in [0.29, 0.717) is 12.3 Å². The quantitative estimate of drug-likeness (QED) is 0.878. The molecule has 2 aromatic rings. The molecule has 6 nitrogen and oxygen atoms in total. The molecule has 110 valence electrons. The fraction of sp³-hybridized carbons (Fsp3) is 0.467. The topological polar surface area (TPSA) is 80.9 Å². The number of aliphatic carboxylic acids is 1. The number of tetrazole rings is 1. The molecule has 3 rings (SSSR count). The van der Waals surface area contributed by atoms with E-state index >= 15 is 0 Å². The van der Waals surface area contributed by atoms with Gasteiger partial charge in [0.25, 0.3) is 0 Å². The number of rotatable bonds is 6. The van der Waals surface area contributed by atoms with E-state index < -0.39 is 5.97 Å². The van der Waals surface area contributed by atoms with Crippen molar-refractivity contribution in [1.29, 1.82) is 0 Å². The van der Waals surface area contributed by atoms with Crippen LogP contribution in [0.25, 0.3) is 0 Å². The van der Waals surface area contributed by atoms with Gasteiger partial charge in [0, 0.05) is 6.42 Å².